The van der Waals surface area contributed by atoms with Gasteiger partial charge in [0.05, 0.1) is 12.8 Å². The van der Waals surface area contributed by atoms with E-state index in [1.165, 1.54) is 31.4 Å². The summed E-state index contributed by atoms with van der Waals surface area (Å²) in [5.41, 5.74) is 7.03. The number of halogens is 1. The molecule has 2 aromatic rings. The van der Waals surface area contributed by atoms with Crippen molar-refractivity contribution in [3.05, 3.63) is 53.8 Å². The second-order valence-electron chi connectivity index (χ2n) is 3.92. The second-order valence-corrected chi connectivity index (χ2v) is 3.92. The number of carbonyl (C=O) groups excluding carboxylic acids is 1. The van der Waals surface area contributed by atoms with E-state index in [2.05, 4.69) is 5.32 Å². The monoisotopic (exact) mass is 260 g/mol. The van der Waals surface area contributed by atoms with E-state index in [-0.39, 0.29) is 11.7 Å². The fourth-order valence-electron chi connectivity index (χ4n) is 1.61. The summed E-state index contributed by atoms with van der Waals surface area (Å²) in [6.45, 7) is 0. The van der Waals surface area contributed by atoms with E-state index in [1.807, 2.05) is 0 Å². The summed E-state index contributed by atoms with van der Waals surface area (Å²) >= 11 is 0. The molecule has 0 aromatic heterocycles. The van der Waals surface area contributed by atoms with Crippen molar-refractivity contribution in [3.8, 4) is 5.75 Å². The highest BCUT2D eigenvalue weighted by Gasteiger charge is 2.10. The van der Waals surface area contributed by atoms with Gasteiger partial charge in [-0.1, -0.05) is 0 Å². The molecule has 0 atom stereocenters. The molecule has 0 unspecified atom stereocenters. The summed E-state index contributed by atoms with van der Waals surface area (Å²) in [5.74, 6) is -0.264. The van der Waals surface area contributed by atoms with Crippen LogP contribution in [-0.4, -0.2) is 13.0 Å². The Hall–Kier alpha value is -2.56. The lowest BCUT2D eigenvalue weighted by Crippen LogP contribution is -2.12. The van der Waals surface area contributed by atoms with Gasteiger partial charge in [-0.25, -0.2) is 4.39 Å². The number of ether oxygens (including phenoxy) is 1. The number of nitrogens with two attached hydrogens (primary N) is 1. The first-order valence-electron chi connectivity index (χ1n) is 5.60. The molecule has 0 spiro atoms. The normalized spacial score (nSPS) is 10.0. The molecule has 2 rings (SSSR count). The van der Waals surface area contributed by atoms with Crippen molar-refractivity contribution in [2.45, 2.75) is 0 Å². The van der Waals surface area contributed by atoms with Crippen LogP contribution in [0.3, 0.4) is 0 Å². The molecular formula is C14H13FN2O2. The molecule has 0 fully saturated rings. The van der Waals surface area contributed by atoms with Gasteiger partial charge in [-0.2, -0.15) is 0 Å². The average molecular weight is 260 g/mol. The van der Waals surface area contributed by atoms with Crippen molar-refractivity contribution in [3.63, 3.8) is 0 Å². The minimum absolute atomic E-state index is 0.344. The molecule has 0 aliphatic rings. The van der Waals surface area contributed by atoms with Crippen molar-refractivity contribution in [2.75, 3.05) is 18.2 Å². The molecule has 0 saturated heterocycles. The number of rotatable bonds is 3. The minimum atomic E-state index is -0.387. The second kappa shape index (κ2) is 5.39. The number of carbonyl (C=O) groups is 1. The molecule has 3 N–H and O–H groups in total. The first-order chi connectivity index (χ1) is 9.10. The molecule has 0 heterocycles. The fraction of sp³-hybridized carbons (Fsp3) is 0.0714. The summed E-state index contributed by atoms with van der Waals surface area (Å²) in [6, 6.07) is 10.2. The maximum atomic E-state index is 12.8. The summed E-state index contributed by atoms with van der Waals surface area (Å²) in [6.07, 6.45) is 0. The van der Waals surface area contributed by atoms with Crippen molar-refractivity contribution < 1.29 is 13.9 Å². The Kier molecular flexibility index (Phi) is 3.66. The van der Waals surface area contributed by atoms with Gasteiger partial charge in [-0.15, -0.1) is 0 Å². The molecule has 0 aliphatic heterocycles. The van der Waals surface area contributed by atoms with Crippen LogP contribution >= 0.6 is 0 Å². The van der Waals surface area contributed by atoms with Gasteiger partial charge < -0.3 is 15.8 Å². The van der Waals surface area contributed by atoms with Crippen LogP contribution < -0.4 is 15.8 Å². The number of hydrogen-bond acceptors (Lipinski definition) is 3. The van der Waals surface area contributed by atoms with Crippen LogP contribution in [0.1, 0.15) is 10.4 Å². The van der Waals surface area contributed by atoms with E-state index in [9.17, 15) is 9.18 Å². The number of anilines is 2. The first-order valence-corrected chi connectivity index (χ1v) is 5.60. The Balaban J connectivity index is 2.21. The number of hydrogen-bond donors (Lipinski definition) is 2. The topological polar surface area (TPSA) is 64.3 Å². The number of nitrogen functional groups attached to an aromatic ring is 1. The average Bonchev–Trinajstić information content (AvgIpc) is 2.41. The number of amides is 1. The maximum absolute atomic E-state index is 12.8. The van der Waals surface area contributed by atoms with E-state index in [0.29, 0.717) is 22.7 Å². The van der Waals surface area contributed by atoms with Crippen LogP contribution in [0.5, 0.6) is 5.75 Å². The predicted molar refractivity (Wildman–Crippen MR) is 71.8 cm³/mol. The SMILES string of the molecule is COc1cc(N)ccc1NC(=O)c1ccc(F)cc1. The van der Waals surface area contributed by atoms with Gasteiger partial charge in [-0.05, 0) is 36.4 Å². The number of benzene rings is 2. The van der Waals surface area contributed by atoms with Gasteiger partial charge in [0.2, 0.25) is 0 Å². The zero-order valence-corrected chi connectivity index (χ0v) is 10.3. The molecular weight excluding hydrogens is 247 g/mol. The molecule has 4 nitrogen and oxygen atoms in total. The van der Waals surface area contributed by atoms with E-state index >= 15 is 0 Å². The molecule has 19 heavy (non-hydrogen) atoms. The highest BCUT2D eigenvalue weighted by molar-refractivity contribution is 6.05. The summed E-state index contributed by atoms with van der Waals surface area (Å²) in [4.78, 5) is 12.0. The zero-order chi connectivity index (χ0) is 13.8. The first kappa shape index (κ1) is 12.9. The van der Waals surface area contributed by atoms with Gasteiger partial charge in [0.15, 0.2) is 0 Å². The molecule has 1 amide bonds. The predicted octanol–water partition coefficient (Wildman–Crippen LogP) is 2.67. The Morgan fingerprint density at radius 2 is 1.89 bits per heavy atom. The van der Waals surface area contributed by atoms with Crippen molar-refractivity contribution in [2.24, 2.45) is 0 Å². The molecule has 98 valence electrons. The van der Waals surface area contributed by atoms with Crippen molar-refractivity contribution in [1.29, 1.82) is 0 Å². The lowest BCUT2D eigenvalue weighted by Gasteiger charge is -2.10. The standard InChI is InChI=1S/C14H13FN2O2/c1-19-13-8-11(16)6-7-12(13)17-14(18)9-2-4-10(15)5-3-9/h2-8H,16H2,1H3,(H,17,18). The van der Waals surface area contributed by atoms with Gasteiger partial charge in [0.1, 0.15) is 11.6 Å². The van der Waals surface area contributed by atoms with E-state index in [1.54, 1.807) is 18.2 Å². The van der Waals surface area contributed by atoms with Gasteiger partial charge >= 0.3 is 0 Å². The van der Waals surface area contributed by atoms with E-state index < -0.39 is 0 Å². The van der Waals surface area contributed by atoms with Crippen LogP contribution in [0.4, 0.5) is 15.8 Å². The molecule has 0 aliphatic carbocycles. The number of nitrogens with one attached hydrogen (secondary N) is 1. The van der Waals surface area contributed by atoms with Crippen LogP contribution in [0.15, 0.2) is 42.5 Å². The van der Waals surface area contributed by atoms with E-state index in [4.69, 9.17) is 10.5 Å². The Morgan fingerprint density at radius 3 is 2.53 bits per heavy atom. The maximum Gasteiger partial charge on any atom is 0.255 e. The highest BCUT2D eigenvalue weighted by atomic mass is 19.1. The Morgan fingerprint density at radius 1 is 1.21 bits per heavy atom. The van der Waals surface area contributed by atoms with Crippen molar-refractivity contribution in [1.82, 2.24) is 0 Å². The van der Waals surface area contributed by atoms with Gasteiger partial charge in [0, 0.05) is 17.3 Å². The van der Waals surface area contributed by atoms with Crippen molar-refractivity contribution >= 4 is 17.3 Å². The van der Waals surface area contributed by atoms with E-state index in [0.717, 1.165) is 0 Å². The largest absolute Gasteiger partial charge is 0.494 e. The highest BCUT2D eigenvalue weighted by Crippen LogP contribution is 2.27. The third-order valence-corrected chi connectivity index (χ3v) is 2.58. The zero-order valence-electron chi connectivity index (χ0n) is 10.3. The third-order valence-electron chi connectivity index (χ3n) is 2.58. The smallest absolute Gasteiger partial charge is 0.255 e. The summed E-state index contributed by atoms with van der Waals surface area (Å²) < 4.78 is 17.9. The third kappa shape index (κ3) is 3.01. The molecule has 5 heteroatoms. The fourth-order valence-corrected chi connectivity index (χ4v) is 1.61. The Labute approximate surface area is 110 Å². The Bertz CT molecular complexity index is 597. The van der Waals surface area contributed by atoms with Gasteiger partial charge in [-0.3, -0.25) is 4.79 Å². The lowest BCUT2D eigenvalue weighted by atomic mass is 10.2. The van der Waals surface area contributed by atoms with Crippen LogP contribution in [-0.2, 0) is 0 Å². The van der Waals surface area contributed by atoms with Crippen LogP contribution in [0.25, 0.3) is 0 Å². The van der Waals surface area contributed by atoms with Crippen LogP contribution in [0, 0.1) is 5.82 Å². The molecule has 0 bridgehead atoms. The number of methoxy groups -OCH3 is 1. The quantitative estimate of drug-likeness (QED) is 0.834. The van der Waals surface area contributed by atoms with Crippen LogP contribution in [0.2, 0.25) is 0 Å². The molecule has 2 aromatic carbocycles. The lowest BCUT2D eigenvalue weighted by molar-refractivity contribution is 0.102. The molecule has 0 saturated carbocycles. The summed E-state index contributed by atoms with van der Waals surface area (Å²) in [5, 5.41) is 2.68. The minimum Gasteiger partial charge on any atom is -0.494 e. The molecule has 0 radical (unpaired) electrons. The summed E-state index contributed by atoms with van der Waals surface area (Å²) in [7, 11) is 1.49. The van der Waals surface area contributed by atoms with Gasteiger partial charge in [0.25, 0.3) is 5.91 Å².